The fourth-order valence-corrected chi connectivity index (χ4v) is 3.21. The van der Waals surface area contributed by atoms with E-state index in [0.29, 0.717) is 0 Å². The molecule has 3 rings (SSSR count). The SMILES string of the molecule is Cc1cccc2c1CNCC2C(=O)N1CCN(C)CC1. The average molecular weight is 273 g/mol. The molecule has 1 atom stereocenters. The van der Waals surface area contributed by atoms with Crippen molar-refractivity contribution in [3.8, 4) is 0 Å². The van der Waals surface area contributed by atoms with Crippen LogP contribution >= 0.6 is 0 Å². The number of nitrogens with zero attached hydrogens (tertiary/aromatic N) is 2. The van der Waals surface area contributed by atoms with Gasteiger partial charge in [-0.15, -0.1) is 0 Å². The Morgan fingerprint density at radius 3 is 2.75 bits per heavy atom. The number of carbonyl (C=O) groups is 1. The zero-order valence-electron chi connectivity index (χ0n) is 12.4. The molecule has 4 nitrogen and oxygen atoms in total. The molecule has 2 aliphatic heterocycles. The van der Waals surface area contributed by atoms with Gasteiger partial charge in [0.15, 0.2) is 0 Å². The molecule has 20 heavy (non-hydrogen) atoms. The predicted molar refractivity (Wildman–Crippen MR) is 79.7 cm³/mol. The minimum absolute atomic E-state index is 0.0120. The van der Waals surface area contributed by atoms with Crippen molar-refractivity contribution in [2.24, 2.45) is 0 Å². The second kappa shape index (κ2) is 5.54. The summed E-state index contributed by atoms with van der Waals surface area (Å²) in [5.41, 5.74) is 3.82. The van der Waals surface area contributed by atoms with Crippen molar-refractivity contribution in [1.29, 1.82) is 0 Å². The highest BCUT2D eigenvalue weighted by atomic mass is 16.2. The standard InChI is InChI=1S/C16H23N3O/c1-12-4-3-5-13-14(12)10-17-11-15(13)16(20)19-8-6-18(2)7-9-19/h3-5,15,17H,6-11H2,1-2H3. The number of piperazine rings is 1. The number of hydrogen-bond acceptors (Lipinski definition) is 3. The summed E-state index contributed by atoms with van der Waals surface area (Å²) >= 11 is 0. The van der Waals surface area contributed by atoms with Gasteiger partial charge in [-0.1, -0.05) is 18.2 Å². The first kappa shape index (κ1) is 13.6. The summed E-state index contributed by atoms with van der Waals surface area (Å²) in [6.45, 7) is 7.44. The van der Waals surface area contributed by atoms with Gasteiger partial charge in [0.05, 0.1) is 5.92 Å². The lowest BCUT2D eigenvalue weighted by Gasteiger charge is -2.36. The van der Waals surface area contributed by atoms with Crippen LogP contribution in [0.5, 0.6) is 0 Å². The van der Waals surface area contributed by atoms with E-state index in [1.54, 1.807) is 0 Å². The summed E-state index contributed by atoms with van der Waals surface area (Å²) in [7, 11) is 2.11. The molecular formula is C16H23N3O. The molecule has 0 radical (unpaired) electrons. The highest BCUT2D eigenvalue weighted by Crippen LogP contribution is 2.28. The van der Waals surface area contributed by atoms with Gasteiger partial charge in [-0.25, -0.2) is 0 Å². The molecule has 2 aliphatic rings. The van der Waals surface area contributed by atoms with Crippen LogP contribution in [0.2, 0.25) is 0 Å². The number of rotatable bonds is 1. The summed E-state index contributed by atoms with van der Waals surface area (Å²) in [4.78, 5) is 17.1. The molecule has 1 unspecified atom stereocenters. The van der Waals surface area contributed by atoms with Crippen molar-refractivity contribution in [3.05, 3.63) is 34.9 Å². The van der Waals surface area contributed by atoms with E-state index in [0.717, 1.165) is 39.3 Å². The van der Waals surface area contributed by atoms with Gasteiger partial charge in [-0.2, -0.15) is 0 Å². The molecule has 1 N–H and O–H groups in total. The first-order valence-corrected chi connectivity index (χ1v) is 7.43. The smallest absolute Gasteiger partial charge is 0.231 e. The first-order chi connectivity index (χ1) is 9.66. The summed E-state index contributed by atoms with van der Waals surface area (Å²) in [6.07, 6.45) is 0. The fourth-order valence-electron chi connectivity index (χ4n) is 3.21. The molecule has 0 spiro atoms. The van der Waals surface area contributed by atoms with E-state index >= 15 is 0 Å². The molecule has 108 valence electrons. The minimum Gasteiger partial charge on any atom is -0.340 e. The maximum atomic E-state index is 12.8. The zero-order chi connectivity index (χ0) is 14.1. The van der Waals surface area contributed by atoms with Crippen LogP contribution in [0.3, 0.4) is 0 Å². The number of likely N-dealkylation sites (N-methyl/N-ethyl adjacent to an activating group) is 1. The van der Waals surface area contributed by atoms with Crippen LogP contribution in [0.1, 0.15) is 22.6 Å². The third-order valence-electron chi connectivity index (χ3n) is 4.59. The van der Waals surface area contributed by atoms with Crippen molar-refractivity contribution in [2.45, 2.75) is 19.4 Å². The van der Waals surface area contributed by atoms with Crippen LogP contribution < -0.4 is 5.32 Å². The molecule has 0 aliphatic carbocycles. The highest BCUT2D eigenvalue weighted by Gasteiger charge is 2.31. The maximum absolute atomic E-state index is 12.8. The third kappa shape index (κ3) is 2.45. The predicted octanol–water partition coefficient (Wildman–Crippen LogP) is 0.956. The lowest BCUT2D eigenvalue weighted by atomic mass is 9.87. The number of hydrogen-bond donors (Lipinski definition) is 1. The Morgan fingerprint density at radius 1 is 1.25 bits per heavy atom. The molecule has 1 amide bonds. The van der Waals surface area contributed by atoms with Crippen LogP contribution in [0, 0.1) is 6.92 Å². The van der Waals surface area contributed by atoms with Crippen molar-refractivity contribution in [1.82, 2.24) is 15.1 Å². The van der Waals surface area contributed by atoms with Gasteiger partial charge in [0.25, 0.3) is 0 Å². The Balaban J connectivity index is 1.82. The van der Waals surface area contributed by atoms with Gasteiger partial charge in [0.2, 0.25) is 5.91 Å². The number of aryl methyl sites for hydroxylation is 1. The van der Waals surface area contributed by atoms with E-state index in [9.17, 15) is 4.79 Å². The monoisotopic (exact) mass is 273 g/mol. The van der Waals surface area contributed by atoms with Crippen LogP contribution in [-0.4, -0.2) is 55.5 Å². The second-order valence-electron chi connectivity index (χ2n) is 5.95. The second-order valence-corrected chi connectivity index (χ2v) is 5.95. The van der Waals surface area contributed by atoms with Crippen LogP contribution in [0.4, 0.5) is 0 Å². The Kier molecular flexibility index (Phi) is 3.76. The van der Waals surface area contributed by atoms with Crippen LogP contribution in [0.25, 0.3) is 0 Å². The normalized spacial score (nSPS) is 23.5. The van der Waals surface area contributed by atoms with E-state index in [-0.39, 0.29) is 11.8 Å². The quantitative estimate of drug-likeness (QED) is 0.828. The third-order valence-corrected chi connectivity index (χ3v) is 4.59. The van der Waals surface area contributed by atoms with Gasteiger partial charge in [-0.05, 0) is 30.7 Å². The number of amides is 1. The molecule has 0 bridgehead atoms. The van der Waals surface area contributed by atoms with Gasteiger partial charge in [0.1, 0.15) is 0 Å². The molecule has 0 aromatic heterocycles. The van der Waals surface area contributed by atoms with Gasteiger partial charge < -0.3 is 15.1 Å². The Morgan fingerprint density at radius 2 is 2.00 bits per heavy atom. The van der Waals surface area contributed by atoms with E-state index in [1.165, 1.54) is 16.7 Å². The number of fused-ring (bicyclic) bond motifs is 1. The fraction of sp³-hybridized carbons (Fsp3) is 0.562. The van der Waals surface area contributed by atoms with Crippen LogP contribution in [-0.2, 0) is 11.3 Å². The molecule has 0 saturated carbocycles. The van der Waals surface area contributed by atoms with E-state index < -0.39 is 0 Å². The minimum atomic E-state index is -0.0120. The zero-order valence-corrected chi connectivity index (χ0v) is 12.4. The average Bonchev–Trinajstić information content (AvgIpc) is 2.47. The topological polar surface area (TPSA) is 35.6 Å². The van der Waals surface area contributed by atoms with E-state index in [4.69, 9.17) is 0 Å². The van der Waals surface area contributed by atoms with Crippen molar-refractivity contribution in [3.63, 3.8) is 0 Å². The summed E-state index contributed by atoms with van der Waals surface area (Å²) in [6, 6.07) is 6.33. The maximum Gasteiger partial charge on any atom is 0.231 e. The Bertz CT molecular complexity index is 506. The number of nitrogens with one attached hydrogen (secondary N) is 1. The lowest BCUT2D eigenvalue weighted by Crippen LogP contribution is -2.50. The highest BCUT2D eigenvalue weighted by molar-refractivity contribution is 5.85. The van der Waals surface area contributed by atoms with Gasteiger partial charge in [-0.3, -0.25) is 4.79 Å². The molecule has 1 saturated heterocycles. The van der Waals surface area contributed by atoms with Crippen molar-refractivity contribution in [2.75, 3.05) is 39.8 Å². The van der Waals surface area contributed by atoms with E-state index in [1.807, 2.05) is 4.90 Å². The number of benzene rings is 1. The van der Waals surface area contributed by atoms with Crippen molar-refractivity contribution < 1.29 is 4.79 Å². The Labute approximate surface area is 120 Å². The molecule has 1 aromatic carbocycles. The Hall–Kier alpha value is -1.39. The van der Waals surface area contributed by atoms with Gasteiger partial charge >= 0.3 is 0 Å². The summed E-state index contributed by atoms with van der Waals surface area (Å²) in [5, 5.41) is 3.40. The van der Waals surface area contributed by atoms with Crippen LogP contribution in [0.15, 0.2) is 18.2 Å². The summed E-state index contributed by atoms with van der Waals surface area (Å²) in [5.74, 6) is 0.277. The molecular weight excluding hydrogens is 250 g/mol. The van der Waals surface area contributed by atoms with Gasteiger partial charge in [0, 0.05) is 39.3 Å². The first-order valence-electron chi connectivity index (χ1n) is 7.43. The summed E-state index contributed by atoms with van der Waals surface area (Å²) < 4.78 is 0. The largest absolute Gasteiger partial charge is 0.340 e. The molecule has 2 heterocycles. The molecule has 1 aromatic rings. The van der Waals surface area contributed by atoms with E-state index in [2.05, 4.69) is 42.4 Å². The molecule has 1 fully saturated rings. The van der Waals surface area contributed by atoms with Crippen molar-refractivity contribution >= 4 is 5.91 Å². The molecule has 4 heteroatoms. The lowest BCUT2D eigenvalue weighted by molar-refractivity contribution is -0.134. The number of carbonyl (C=O) groups excluding carboxylic acids is 1.